The lowest BCUT2D eigenvalue weighted by Crippen LogP contribution is -2.33. The number of nitrogens with zero attached hydrogens (tertiary/aromatic N) is 1. The van der Waals surface area contributed by atoms with E-state index in [0.717, 1.165) is 22.5 Å². The molecule has 0 aliphatic carbocycles. The summed E-state index contributed by atoms with van der Waals surface area (Å²) in [5.41, 5.74) is 3.68. The van der Waals surface area contributed by atoms with Gasteiger partial charge in [0.15, 0.2) is 0 Å². The van der Waals surface area contributed by atoms with Crippen molar-refractivity contribution in [2.24, 2.45) is 5.41 Å². The first-order valence-corrected chi connectivity index (χ1v) is 10.3. The maximum Gasteiger partial charge on any atom is 0.251 e. The minimum Gasteiger partial charge on any atom is -0.348 e. The summed E-state index contributed by atoms with van der Waals surface area (Å²) in [7, 11) is 0. The molecule has 3 rings (SSSR count). The van der Waals surface area contributed by atoms with Crippen LogP contribution in [-0.2, 0) is 16.1 Å². The van der Waals surface area contributed by atoms with Crippen LogP contribution < -0.4 is 10.6 Å². The molecular weight excluding hydrogens is 378 g/mol. The van der Waals surface area contributed by atoms with E-state index in [4.69, 9.17) is 0 Å². The normalized spacial score (nSPS) is 19.7. The van der Waals surface area contributed by atoms with Gasteiger partial charge in [-0.1, -0.05) is 32.9 Å². The number of pyridine rings is 1. The van der Waals surface area contributed by atoms with Gasteiger partial charge in [-0.2, -0.15) is 0 Å². The highest BCUT2D eigenvalue weighted by Crippen LogP contribution is 2.41. The van der Waals surface area contributed by atoms with E-state index in [-0.39, 0.29) is 30.1 Å². The van der Waals surface area contributed by atoms with Crippen molar-refractivity contribution in [1.29, 1.82) is 0 Å². The summed E-state index contributed by atoms with van der Waals surface area (Å²) in [6, 6.07) is 11.2. The van der Waals surface area contributed by atoms with Crippen molar-refractivity contribution in [1.82, 2.24) is 15.6 Å². The number of aromatic nitrogens is 1. The standard InChI is InChI=1S/C24H29N3O3/c1-14(2)20-11-17(10-15(3)26-20)13-25-22(29)19-8-6-18(7-9-19)16(4)24(5)12-21(28)27-23(24)30/h6-11,14,16H,12-13H2,1-5H3,(H,25,29)(H,27,28,30)/t16-,24+/m1/s1. The SMILES string of the molecule is Cc1cc(CNC(=O)c2ccc([C@@H](C)[C@]3(C)CC(=O)NC3=O)cc2)cc(C(C)C)n1. The third kappa shape index (κ3) is 4.42. The Balaban J connectivity index is 1.67. The molecule has 2 aromatic rings. The number of hydrogen-bond donors (Lipinski definition) is 2. The predicted octanol–water partition coefficient (Wildman–Crippen LogP) is 3.60. The molecule has 3 amide bonds. The summed E-state index contributed by atoms with van der Waals surface area (Å²) in [5.74, 6) is -0.453. The Morgan fingerprint density at radius 2 is 1.83 bits per heavy atom. The van der Waals surface area contributed by atoms with E-state index in [1.165, 1.54) is 0 Å². The number of carbonyl (C=O) groups excluding carboxylic acids is 3. The van der Waals surface area contributed by atoms with Gasteiger partial charge in [0.05, 0.1) is 5.41 Å². The fourth-order valence-electron chi connectivity index (χ4n) is 3.82. The van der Waals surface area contributed by atoms with Crippen LogP contribution in [0.4, 0.5) is 0 Å². The molecule has 2 heterocycles. The van der Waals surface area contributed by atoms with Gasteiger partial charge in [-0.3, -0.25) is 24.7 Å². The molecule has 1 aromatic carbocycles. The number of benzene rings is 1. The van der Waals surface area contributed by atoms with E-state index in [2.05, 4.69) is 29.5 Å². The minimum atomic E-state index is -0.770. The van der Waals surface area contributed by atoms with E-state index < -0.39 is 5.41 Å². The van der Waals surface area contributed by atoms with Crippen molar-refractivity contribution in [2.75, 3.05) is 0 Å². The van der Waals surface area contributed by atoms with E-state index >= 15 is 0 Å². The highest BCUT2D eigenvalue weighted by atomic mass is 16.2. The molecule has 0 radical (unpaired) electrons. The summed E-state index contributed by atoms with van der Waals surface area (Å²) in [6.45, 7) is 10.3. The monoisotopic (exact) mass is 407 g/mol. The first-order valence-electron chi connectivity index (χ1n) is 10.3. The molecule has 1 aromatic heterocycles. The minimum absolute atomic E-state index is 0.143. The van der Waals surface area contributed by atoms with Crippen LogP contribution in [0.5, 0.6) is 0 Å². The smallest absolute Gasteiger partial charge is 0.251 e. The average molecular weight is 408 g/mol. The maximum atomic E-state index is 12.6. The molecule has 1 aliphatic heterocycles. The Kier molecular flexibility index (Phi) is 6.06. The Labute approximate surface area is 177 Å². The molecule has 0 unspecified atom stereocenters. The Bertz CT molecular complexity index is 982. The van der Waals surface area contributed by atoms with E-state index in [0.29, 0.717) is 18.0 Å². The topological polar surface area (TPSA) is 88.2 Å². The molecule has 158 valence electrons. The number of rotatable bonds is 6. The average Bonchev–Trinajstić information content (AvgIpc) is 2.97. The number of carbonyl (C=O) groups is 3. The molecule has 30 heavy (non-hydrogen) atoms. The number of hydrogen-bond acceptors (Lipinski definition) is 4. The molecule has 1 fully saturated rings. The van der Waals surface area contributed by atoms with E-state index in [1.807, 2.05) is 38.1 Å². The first kappa shape index (κ1) is 21.7. The van der Waals surface area contributed by atoms with Gasteiger partial charge < -0.3 is 5.32 Å². The Hall–Kier alpha value is -3.02. The molecule has 6 heteroatoms. The molecule has 2 atom stereocenters. The quantitative estimate of drug-likeness (QED) is 0.716. The van der Waals surface area contributed by atoms with Gasteiger partial charge in [0.1, 0.15) is 0 Å². The number of nitrogens with one attached hydrogen (secondary N) is 2. The van der Waals surface area contributed by atoms with Gasteiger partial charge in [-0.15, -0.1) is 0 Å². The summed E-state index contributed by atoms with van der Waals surface area (Å²) >= 11 is 0. The summed E-state index contributed by atoms with van der Waals surface area (Å²) in [6.07, 6.45) is 0.180. The van der Waals surface area contributed by atoms with Crippen molar-refractivity contribution >= 4 is 17.7 Å². The summed E-state index contributed by atoms with van der Waals surface area (Å²) in [5, 5.41) is 5.35. The largest absolute Gasteiger partial charge is 0.348 e. The lowest BCUT2D eigenvalue weighted by molar-refractivity contribution is -0.128. The van der Waals surface area contributed by atoms with E-state index in [9.17, 15) is 14.4 Å². The van der Waals surface area contributed by atoms with Crippen molar-refractivity contribution < 1.29 is 14.4 Å². The molecule has 1 aliphatic rings. The molecule has 2 N–H and O–H groups in total. The number of amides is 3. The third-order valence-corrected chi connectivity index (χ3v) is 6.01. The zero-order valence-corrected chi connectivity index (χ0v) is 18.2. The molecule has 0 bridgehead atoms. The predicted molar refractivity (Wildman–Crippen MR) is 115 cm³/mol. The highest BCUT2D eigenvalue weighted by Gasteiger charge is 2.46. The molecule has 6 nitrogen and oxygen atoms in total. The lowest BCUT2D eigenvalue weighted by atomic mass is 9.73. The van der Waals surface area contributed by atoms with Crippen molar-refractivity contribution in [3.63, 3.8) is 0 Å². The highest BCUT2D eigenvalue weighted by molar-refractivity contribution is 6.06. The summed E-state index contributed by atoms with van der Waals surface area (Å²) in [4.78, 5) is 40.9. The zero-order chi connectivity index (χ0) is 22.1. The Morgan fingerprint density at radius 1 is 1.17 bits per heavy atom. The second-order valence-corrected chi connectivity index (χ2v) is 8.69. The van der Waals surface area contributed by atoms with E-state index in [1.54, 1.807) is 19.1 Å². The molecular formula is C24H29N3O3. The summed E-state index contributed by atoms with van der Waals surface area (Å²) < 4.78 is 0. The van der Waals surface area contributed by atoms with Gasteiger partial charge in [-0.05, 0) is 61.1 Å². The van der Waals surface area contributed by atoms with Crippen LogP contribution in [0, 0.1) is 12.3 Å². The van der Waals surface area contributed by atoms with Gasteiger partial charge in [-0.25, -0.2) is 0 Å². The van der Waals surface area contributed by atoms with Crippen LogP contribution in [0.2, 0.25) is 0 Å². The van der Waals surface area contributed by atoms with Crippen LogP contribution in [0.1, 0.15) is 78.8 Å². The van der Waals surface area contributed by atoms with Gasteiger partial charge in [0.25, 0.3) is 5.91 Å². The van der Waals surface area contributed by atoms with Crippen molar-refractivity contribution in [3.05, 3.63) is 64.5 Å². The van der Waals surface area contributed by atoms with Crippen LogP contribution in [0.3, 0.4) is 0 Å². The fraction of sp³-hybridized carbons (Fsp3) is 0.417. The van der Waals surface area contributed by atoms with Crippen LogP contribution in [0.15, 0.2) is 36.4 Å². The van der Waals surface area contributed by atoms with Crippen LogP contribution >= 0.6 is 0 Å². The first-order chi connectivity index (χ1) is 14.1. The second kappa shape index (κ2) is 8.38. The maximum absolute atomic E-state index is 12.6. The van der Waals surface area contributed by atoms with Crippen LogP contribution in [0.25, 0.3) is 0 Å². The van der Waals surface area contributed by atoms with Crippen LogP contribution in [-0.4, -0.2) is 22.7 Å². The fourth-order valence-corrected chi connectivity index (χ4v) is 3.82. The van der Waals surface area contributed by atoms with Gasteiger partial charge in [0, 0.05) is 29.9 Å². The Morgan fingerprint density at radius 3 is 2.40 bits per heavy atom. The molecule has 1 saturated heterocycles. The van der Waals surface area contributed by atoms with Gasteiger partial charge >= 0.3 is 0 Å². The molecule has 0 spiro atoms. The third-order valence-electron chi connectivity index (χ3n) is 6.01. The molecule has 0 saturated carbocycles. The van der Waals surface area contributed by atoms with Gasteiger partial charge in [0.2, 0.25) is 11.8 Å². The lowest BCUT2D eigenvalue weighted by Gasteiger charge is -2.28. The zero-order valence-electron chi connectivity index (χ0n) is 18.2. The number of aryl methyl sites for hydroxylation is 1. The number of imide groups is 1. The van der Waals surface area contributed by atoms with Crippen molar-refractivity contribution in [2.45, 2.75) is 59.4 Å². The second-order valence-electron chi connectivity index (χ2n) is 8.69. The van der Waals surface area contributed by atoms with Crippen molar-refractivity contribution in [3.8, 4) is 0 Å².